The van der Waals surface area contributed by atoms with Gasteiger partial charge < -0.3 is 0 Å². The number of aromatic nitrogens is 3. The van der Waals surface area contributed by atoms with Gasteiger partial charge in [0.05, 0.1) is 12.0 Å². The van der Waals surface area contributed by atoms with E-state index < -0.39 is 24.0 Å². The summed E-state index contributed by atoms with van der Waals surface area (Å²) in [5.41, 5.74) is 0.928. The predicted octanol–water partition coefficient (Wildman–Crippen LogP) is 2.82. The Hall–Kier alpha value is -2.11. The molecule has 2 aromatic rings. The van der Waals surface area contributed by atoms with E-state index >= 15 is 0 Å². The zero-order valence-electron chi connectivity index (χ0n) is 11.1. The third-order valence-electron chi connectivity index (χ3n) is 4.12. The van der Waals surface area contributed by atoms with E-state index in [0.29, 0.717) is 0 Å². The Morgan fingerprint density at radius 2 is 1.90 bits per heavy atom. The van der Waals surface area contributed by atoms with Crippen molar-refractivity contribution in [2.75, 3.05) is 0 Å². The number of ketones is 1. The van der Waals surface area contributed by atoms with Crippen molar-refractivity contribution in [2.24, 2.45) is 5.92 Å². The van der Waals surface area contributed by atoms with E-state index in [4.69, 9.17) is 0 Å². The first-order chi connectivity index (χ1) is 10.1. The zero-order chi connectivity index (χ0) is 14.6. The highest BCUT2D eigenvalue weighted by Crippen LogP contribution is 2.41. The number of fused-ring (bicyclic) bond motifs is 1. The third kappa shape index (κ3) is 1.97. The van der Waals surface area contributed by atoms with Crippen LogP contribution in [0.5, 0.6) is 0 Å². The van der Waals surface area contributed by atoms with Crippen LogP contribution in [0.2, 0.25) is 0 Å². The van der Waals surface area contributed by atoms with Crippen molar-refractivity contribution < 1.29 is 13.6 Å². The summed E-state index contributed by atoms with van der Waals surface area (Å²) in [6.45, 7) is 0. The maximum Gasteiger partial charge on any atom is 0.218 e. The molecule has 0 radical (unpaired) electrons. The molecule has 1 fully saturated rings. The molecule has 1 aliphatic carbocycles. The number of hydrogen-bond acceptors (Lipinski definition) is 3. The maximum atomic E-state index is 14.1. The topological polar surface area (TPSA) is 47.8 Å². The molecule has 2 aliphatic rings. The van der Waals surface area contributed by atoms with Crippen molar-refractivity contribution >= 4 is 5.78 Å². The fraction of sp³-hybridized carbons (Fsp3) is 0.400. The number of carbonyl (C=O) groups excluding carboxylic acids is 1. The van der Waals surface area contributed by atoms with Crippen LogP contribution in [0, 0.1) is 5.92 Å². The van der Waals surface area contributed by atoms with Crippen LogP contribution in [-0.4, -0.2) is 26.7 Å². The first kappa shape index (κ1) is 12.6. The third-order valence-corrected chi connectivity index (χ3v) is 4.12. The predicted molar refractivity (Wildman–Crippen MR) is 70.4 cm³/mol. The van der Waals surface area contributed by atoms with E-state index in [9.17, 15) is 13.6 Å². The second kappa shape index (κ2) is 4.44. The van der Waals surface area contributed by atoms with Gasteiger partial charge >= 0.3 is 0 Å². The summed E-state index contributed by atoms with van der Waals surface area (Å²) in [4.78, 5) is 16.0. The molecule has 1 aromatic carbocycles. The lowest BCUT2D eigenvalue weighted by Gasteiger charge is -2.11. The second-order valence-electron chi connectivity index (χ2n) is 5.59. The molecule has 2 unspecified atom stereocenters. The first-order valence-electron chi connectivity index (χ1n) is 6.99. The van der Waals surface area contributed by atoms with Crippen molar-refractivity contribution in [1.29, 1.82) is 0 Å². The molecular weight excluding hydrogens is 276 g/mol. The Morgan fingerprint density at radius 1 is 1.19 bits per heavy atom. The standard InChI is InChI=1S/C15H13F2N3O/c16-10-6-9(10)13(21)14-18-15-11(17)7-12(20(15)19-14)8-4-2-1-3-5-8/h1-5,9-12H,6-7H2/t9?,10?,11-,12-/m1/s1. The molecule has 4 nitrogen and oxygen atoms in total. The second-order valence-corrected chi connectivity index (χ2v) is 5.59. The molecule has 4 rings (SSSR count). The fourth-order valence-corrected chi connectivity index (χ4v) is 2.84. The van der Waals surface area contributed by atoms with Gasteiger partial charge in [0.2, 0.25) is 11.6 Å². The van der Waals surface area contributed by atoms with Crippen molar-refractivity contribution in [3.05, 3.63) is 47.5 Å². The molecule has 0 spiro atoms. The van der Waals surface area contributed by atoms with Crippen molar-refractivity contribution in [1.82, 2.24) is 14.8 Å². The van der Waals surface area contributed by atoms with Gasteiger partial charge in [-0.3, -0.25) is 4.79 Å². The molecule has 6 heteroatoms. The quantitative estimate of drug-likeness (QED) is 0.816. The van der Waals surface area contributed by atoms with Gasteiger partial charge in [-0.25, -0.2) is 18.4 Å². The minimum atomic E-state index is -1.25. The average molecular weight is 289 g/mol. The van der Waals surface area contributed by atoms with Gasteiger partial charge in [0.15, 0.2) is 12.0 Å². The Morgan fingerprint density at radius 3 is 2.57 bits per heavy atom. The number of Topliss-reactive ketones (excluding diaryl/α,β-unsaturated/α-hetero) is 1. The number of benzene rings is 1. The number of halogens is 2. The van der Waals surface area contributed by atoms with E-state index in [1.54, 1.807) is 0 Å². The lowest BCUT2D eigenvalue weighted by atomic mass is 10.0. The number of alkyl halides is 2. The molecular formula is C15H13F2N3O. The molecule has 0 amide bonds. The minimum Gasteiger partial charge on any atom is -0.290 e. The number of carbonyl (C=O) groups is 1. The Kier molecular flexibility index (Phi) is 2.67. The van der Waals surface area contributed by atoms with Crippen LogP contribution in [0.15, 0.2) is 30.3 Å². The Balaban J connectivity index is 1.69. The summed E-state index contributed by atoms with van der Waals surface area (Å²) in [5.74, 6) is -0.938. The smallest absolute Gasteiger partial charge is 0.218 e. The van der Waals surface area contributed by atoms with E-state index in [2.05, 4.69) is 10.1 Å². The van der Waals surface area contributed by atoms with E-state index in [-0.39, 0.29) is 30.5 Å². The van der Waals surface area contributed by atoms with Gasteiger partial charge in [0, 0.05) is 6.42 Å². The van der Waals surface area contributed by atoms with Crippen LogP contribution in [0.1, 0.15) is 47.1 Å². The monoisotopic (exact) mass is 289 g/mol. The van der Waals surface area contributed by atoms with Gasteiger partial charge in [0.25, 0.3) is 0 Å². The van der Waals surface area contributed by atoms with Crippen molar-refractivity contribution in [3.63, 3.8) is 0 Å². The molecule has 1 aliphatic heterocycles. The van der Waals surface area contributed by atoms with Crippen LogP contribution in [0.25, 0.3) is 0 Å². The normalized spacial score (nSPS) is 30.2. The highest BCUT2D eigenvalue weighted by atomic mass is 19.1. The number of rotatable bonds is 3. The summed E-state index contributed by atoms with van der Waals surface area (Å²) >= 11 is 0. The van der Waals surface area contributed by atoms with Crippen LogP contribution in [0.3, 0.4) is 0 Å². The highest BCUT2D eigenvalue weighted by Gasteiger charge is 2.46. The van der Waals surface area contributed by atoms with Gasteiger partial charge in [-0.1, -0.05) is 30.3 Å². The van der Waals surface area contributed by atoms with Gasteiger partial charge in [-0.05, 0) is 12.0 Å². The summed E-state index contributed by atoms with van der Waals surface area (Å²) in [6.07, 6.45) is -1.85. The fourth-order valence-electron chi connectivity index (χ4n) is 2.84. The molecule has 108 valence electrons. The van der Waals surface area contributed by atoms with E-state index in [0.717, 1.165) is 5.56 Å². The molecule has 0 saturated heterocycles. The van der Waals surface area contributed by atoms with Crippen LogP contribution < -0.4 is 0 Å². The van der Waals surface area contributed by atoms with E-state index in [1.165, 1.54) is 4.68 Å². The molecule has 21 heavy (non-hydrogen) atoms. The van der Waals surface area contributed by atoms with Crippen LogP contribution in [0.4, 0.5) is 8.78 Å². The molecule has 0 N–H and O–H groups in total. The van der Waals surface area contributed by atoms with E-state index in [1.807, 2.05) is 30.3 Å². The lowest BCUT2D eigenvalue weighted by molar-refractivity contribution is 0.0946. The summed E-state index contributed by atoms with van der Waals surface area (Å²) in [7, 11) is 0. The largest absolute Gasteiger partial charge is 0.290 e. The van der Waals surface area contributed by atoms with Gasteiger partial charge in [-0.2, -0.15) is 0 Å². The van der Waals surface area contributed by atoms with Crippen LogP contribution >= 0.6 is 0 Å². The SMILES string of the molecule is O=C(c1nc2n(n1)[C@@H](c1ccccc1)C[C@H]2F)C1CC1F. The Labute approximate surface area is 119 Å². The van der Waals surface area contributed by atoms with Gasteiger partial charge in [0.1, 0.15) is 6.17 Å². The molecule has 0 bridgehead atoms. The number of hydrogen-bond donors (Lipinski definition) is 0. The summed E-state index contributed by atoms with van der Waals surface area (Å²) in [6, 6.07) is 9.17. The Bertz CT molecular complexity index is 700. The highest BCUT2D eigenvalue weighted by molar-refractivity contribution is 5.96. The zero-order valence-corrected chi connectivity index (χ0v) is 11.1. The van der Waals surface area contributed by atoms with Gasteiger partial charge in [-0.15, -0.1) is 5.10 Å². The molecule has 2 heterocycles. The van der Waals surface area contributed by atoms with Crippen molar-refractivity contribution in [3.8, 4) is 0 Å². The average Bonchev–Trinajstić information content (AvgIpc) is 2.95. The van der Waals surface area contributed by atoms with Crippen molar-refractivity contribution in [2.45, 2.75) is 31.2 Å². The number of nitrogens with zero attached hydrogens (tertiary/aromatic N) is 3. The minimum absolute atomic E-state index is 0.0570. The maximum absolute atomic E-state index is 14.1. The summed E-state index contributed by atoms with van der Waals surface area (Å²) < 4.78 is 28.6. The lowest BCUT2D eigenvalue weighted by Crippen LogP contribution is -2.11. The molecule has 1 aromatic heterocycles. The van der Waals surface area contributed by atoms with Crippen LogP contribution in [-0.2, 0) is 0 Å². The first-order valence-corrected chi connectivity index (χ1v) is 6.99. The summed E-state index contributed by atoms with van der Waals surface area (Å²) in [5, 5.41) is 4.14. The molecule has 1 saturated carbocycles. The molecule has 4 atom stereocenters.